The molecule has 0 aliphatic heterocycles. The van der Waals surface area contributed by atoms with Crippen molar-refractivity contribution in [2.75, 3.05) is 35.5 Å². The van der Waals surface area contributed by atoms with E-state index in [0.29, 0.717) is 29.7 Å². The summed E-state index contributed by atoms with van der Waals surface area (Å²) in [7, 11) is 6.04. The van der Waals surface area contributed by atoms with Gasteiger partial charge in [0.2, 0.25) is 5.95 Å². The van der Waals surface area contributed by atoms with Gasteiger partial charge in [0.1, 0.15) is 5.78 Å². The maximum absolute atomic E-state index is 12.7. The van der Waals surface area contributed by atoms with E-state index < -0.39 is 17.7 Å². The van der Waals surface area contributed by atoms with E-state index in [1.807, 2.05) is 0 Å². The number of nitrogens with zero attached hydrogens (tertiary/aromatic N) is 3. The molecular weight excluding hydrogens is 613 g/mol. The first-order valence-electron chi connectivity index (χ1n) is 13.2. The van der Waals surface area contributed by atoms with Gasteiger partial charge in [-0.3, -0.25) is 24.2 Å². The molecule has 13 nitrogen and oxygen atoms in total. The zero-order chi connectivity index (χ0) is 30.2. The number of nitrogens with two attached hydrogens (primary N) is 1. The van der Waals surface area contributed by atoms with Crippen molar-refractivity contribution in [1.29, 1.82) is 0 Å². The Morgan fingerprint density at radius 3 is 2.58 bits per heavy atom. The number of hydrogen-bond donors (Lipinski definition) is 4. The van der Waals surface area contributed by atoms with Crippen molar-refractivity contribution < 1.29 is 23.9 Å². The van der Waals surface area contributed by atoms with E-state index >= 15 is 0 Å². The average Bonchev–Trinajstić information content (AvgIpc) is 2.98. The summed E-state index contributed by atoms with van der Waals surface area (Å²) >= 11 is 0. The summed E-state index contributed by atoms with van der Waals surface area (Å²) in [5, 5.41) is 5.79. The van der Waals surface area contributed by atoms with E-state index in [0.717, 1.165) is 31.0 Å². The molecule has 1 aromatic carbocycles. The molecular formula is C27H38N7O6PS2. The first-order chi connectivity index (χ1) is 20.4. The minimum atomic E-state index is -0.912. The number of hydrogen-bond acceptors (Lipinski definition) is 13. The maximum Gasteiger partial charge on any atom is 0.295 e. The van der Waals surface area contributed by atoms with Gasteiger partial charge in [0, 0.05) is 48.6 Å². The van der Waals surface area contributed by atoms with Crippen molar-refractivity contribution in [3.05, 3.63) is 52.1 Å². The molecule has 0 aliphatic carbocycles. The smallest absolute Gasteiger partial charge is 0.295 e. The van der Waals surface area contributed by atoms with E-state index in [4.69, 9.17) is 15.2 Å². The quantitative estimate of drug-likeness (QED) is 0.0457. The molecule has 0 saturated heterocycles. The minimum absolute atomic E-state index is 0. The summed E-state index contributed by atoms with van der Waals surface area (Å²) in [5.41, 5.74) is 6.85. The number of carbonyl (C=O) groups is 3. The van der Waals surface area contributed by atoms with Crippen LogP contribution in [-0.4, -0.2) is 68.8 Å². The highest BCUT2D eigenvalue weighted by Crippen LogP contribution is 2.23. The Bertz CT molecular complexity index is 1380. The summed E-state index contributed by atoms with van der Waals surface area (Å²) < 4.78 is 10.3. The molecule has 0 fully saturated rings. The van der Waals surface area contributed by atoms with Crippen LogP contribution in [0.15, 0.2) is 35.3 Å². The van der Waals surface area contributed by atoms with Crippen LogP contribution in [0.5, 0.6) is 0 Å². The molecule has 16 heteroatoms. The number of nitrogen functional groups attached to an aromatic ring is 1. The number of fused-ring (bicyclic) bond motifs is 1. The molecule has 0 saturated carbocycles. The topological polar surface area (TPSA) is 191 Å². The van der Waals surface area contributed by atoms with Crippen LogP contribution in [0.25, 0.3) is 11.2 Å². The van der Waals surface area contributed by atoms with Crippen molar-refractivity contribution in [2.24, 2.45) is 0 Å². The predicted molar refractivity (Wildman–Crippen MR) is 175 cm³/mol. The number of benzene rings is 1. The van der Waals surface area contributed by atoms with Gasteiger partial charge >= 0.3 is 0 Å². The van der Waals surface area contributed by atoms with Crippen LogP contribution in [0.4, 0.5) is 11.6 Å². The molecule has 2 heterocycles. The van der Waals surface area contributed by atoms with E-state index in [2.05, 4.69) is 39.8 Å². The number of aromatic amines is 1. The second-order valence-electron chi connectivity index (χ2n) is 8.86. The second-order valence-corrected chi connectivity index (χ2v) is 11.9. The number of amides is 1. The van der Waals surface area contributed by atoms with E-state index in [-0.39, 0.29) is 56.2 Å². The Hall–Kier alpha value is -3.26. The third-order valence-electron chi connectivity index (χ3n) is 5.70. The van der Waals surface area contributed by atoms with Gasteiger partial charge in [0.05, 0.1) is 24.8 Å². The summed E-state index contributed by atoms with van der Waals surface area (Å²) in [4.78, 5) is 62.7. The van der Waals surface area contributed by atoms with Gasteiger partial charge < -0.3 is 25.8 Å². The Balaban J connectivity index is 0.00000645. The number of H-pyrrole nitrogens is 1. The SMILES string of the molecule is C.Nc1nc2ncc(CNc3ccc(C(=O)NC(CCC(=O)CCCSSCCCOCP)OC=O)cc3)nc2c(=O)[nH]1. The normalized spacial score (nSPS) is 11.4. The highest BCUT2D eigenvalue weighted by atomic mass is 33.1. The number of ether oxygens (including phenoxy) is 2. The van der Waals surface area contributed by atoms with Gasteiger partial charge in [-0.1, -0.05) is 29.0 Å². The molecule has 5 N–H and O–H groups in total. The monoisotopic (exact) mass is 651 g/mol. The molecule has 2 atom stereocenters. The molecule has 2 unspecified atom stereocenters. The summed E-state index contributed by atoms with van der Waals surface area (Å²) in [6.45, 7) is 1.28. The molecule has 0 bridgehead atoms. The van der Waals surface area contributed by atoms with Gasteiger partial charge in [-0.2, -0.15) is 4.98 Å². The molecule has 43 heavy (non-hydrogen) atoms. The number of aromatic nitrogens is 4. The standard InChI is InChI=1S/C26H34N7O6PS2.CH4/c27-26-32-23-22(25(37)33-26)30-19(14-29-23)13-28-18-6-4-17(5-7-18)24(36)31-21(39-15-34)9-8-20(35)3-1-11-41-42-12-2-10-38-16-40;/h4-7,14-15,21,28H,1-3,8-13,16,40H2,(H,31,36)(H3,27,29,32,33,37);1H4. The van der Waals surface area contributed by atoms with E-state index in [9.17, 15) is 19.2 Å². The van der Waals surface area contributed by atoms with Crippen LogP contribution in [0, 0.1) is 0 Å². The van der Waals surface area contributed by atoms with Crippen molar-refractivity contribution in [3.8, 4) is 0 Å². The second kappa shape index (κ2) is 19.8. The van der Waals surface area contributed by atoms with Gasteiger partial charge in [-0.05, 0) is 37.1 Å². The van der Waals surface area contributed by atoms with Gasteiger partial charge in [-0.15, -0.1) is 9.24 Å². The van der Waals surface area contributed by atoms with Crippen molar-refractivity contribution in [2.45, 2.75) is 52.3 Å². The Morgan fingerprint density at radius 1 is 1.12 bits per heavy atom. The van der Waals surface area contributed by atoms with Crippen molar-refractivity contribution in [1.82, 2.24) is 25.3 Å². The van der Waals surface area contributed by atoms with Gasteiger partial charge in [-0.25, -0.2) is 9.97 Å². The molecule has 3 aromatic rings. The number of anilines is 2. The Labute approximate surface area is 260 Å². The highest BCUT2D eigenvalue weighted by molar-refractivity contribution is 8.76. The first kappa shape index (κ1) is 35.9. The lowest BCUT2D eigenvalue weighted by atomic mass is 10.1. The molecule has 3 rings (SSSR count). The summed E-state index contributed by atoms with van der Waals surface area (Å²) in [6, 6.07) is 6.61. The van der Waals surface area contributed by atoms with Crippen molar-refractivity contribution in [3.63, 3.8) is 0 Å². The zero-order valence-corrected chi connectivity index (χ0v) is 25.7. The molecule has 234 valence electrons. The lowest BCUT2D eigenvalue weighted by Crippen LogP contribution is -2.37. The van der Waals surface area contributed by atoms with Crippen LogP contribution < -0.4 is 21.9 Å². The number of rotatable bonds is 20. The number of ketones is 1. The van der Waals surface area contributed by atoms with Gasteiger partial charge in [0.15, 0.2) is 17.4 Å². The lowest BCUT2D eigenvalue weighted by molar-refractivity contribution is -0.135. The zero-order valence-electron chi connectivity index (χ0n) is 22.9. The van der Waals surface area contributed by atoms with E-state index in [1.54, 1.807) is 45.9 Å². The number of nitrogens with one attached hydrogen (secondary N) is 3. The van der Waals surface area contributed by atoms with Crippen molar-refractivity contribution >= 4 is 71.8 Å². The fourth-order valence-electron chi connectivity index (χ4n) is 3.63. The first-order valence-corrected chi connectivity index (χ1v) is 16.5. The predicted octanol–water partition coefficient (Wildman–Crippen LogP) is 3.52. The molecule has 1 amide bonds. The van der Waals surface area contributed by atoms with Crippen LogP contribution in [0.3, 0.4) is 0 Å². The van der Waals surface area contributed by atoms with Crippen LogP contribution >= 0.6 is 30.8 Å². The Kier molecular flexibility index (Phi) is 16.6. The Morgan fingerprint density at radius 2 is 1.86 bits per heavy atom. The van der Waals surface area contributed by atoms with Gasteiger partial charge in [0.25, 0.3) is 17.9 Å². The minimum Gasteiger partial charge on any atom is -0.444 e. The fraction of sp³-hybridized carbons (Fsp3) is 0.444. The molecule has 0 spiro atoms. The third-order valence-corrected chi connectivity index (χ3v) is 8.52. The third kappa shape index (κ3) is 12.9. The molecule has 0 aliphatic rings. The summed E-state index contributed by atoms with van der Waals surface area (Å²) in [6.07, 6.45) is 3.82. The maximum atomic E-state index is 12.7. The number of Topliss-reactive ketones (excluding diaryl/α,β-unsaturated/α-hetero) is 1. The average molecular weight is 652 g/mol. The van der Waals surface area contributed by atoms with Crippen LogP contribution in [-0.2, 0) is 25.6 Å². The largest absolute Gasteiger partial charge is 0.444 e. The highest BCUT2D eigenvalue weighted by Gasteiger charge is 2.16. The lowest BCUT2D eigenvalue weighted by Gasteiger charge is -2.17. The van der Waals surface area contributed by atoms with Crippen LogP contribution in [0.2, 0.25) is 0 Å². The van der Waals surface area contributed by atoms with E-state index in [1.165, 1.54) is 6.20 Å². The molecule has 2 aromatic heterocycles. The molecule has 0 radical (unpaired) electrons. The fourth-order valence-corrected chi connectivity index (χ4v) is 5.94. The summed E-state index contributed by atoms with van der Waals surface area (Å²) in [5.74, 6) is 1.46. The number of carbonyl (C=O) groups excluding carboxylic acids is 3. The van der Waals surface area contributed by atoms with Crippen LogP contribution in [0.1, 0.15) is 55.6 Å².